The van der Waals surface area contributed by atoms with Gasteiger partial charge in [0.1, 0.15) is 5.92 Å². The number of benzene rings is 1. The minimum atomic E-state index is -0.847. The Kier molecular flexibility index (Phi) is 3.04. The topological polar surface area (TPSA) is 63.1 Å². The Hall–Kier alpha value is -1.97. The Morgan fingerprint density at radius 2 is 1.88 bits per heavy atom. The van der Waals surface area contributed by atoms with Crippen LogP contribution >= 0.6 is 0 Å². The number of nitrogens with zero attached hydrogens (tertiary/aromatic N) is 2. The van der Waals surface area contributed by atoms with Crippen LogP contribution in [0.15, 0.2) is 24.3 Å². The van der Waals surface area contributed by atoms with E-state index >= 15 is 0 Å². The zero-order valence-corrected chi connectivity index (χ0v) is 9.84. The van der Waals surface area contributed by atoms with E-state index in [-0.39, 0.29) is 0 Å². The van der Waals surface area contributed by atoms with Crippen molar-refractivity contribution in [1.82, 2.24) is 9.97 Å². The molecular weight excluding hydrogens is 216 g/mol. The summed E-state index contributed by atoms with van der Waals surface area (Å²) < 4.78 is 0. The Morgan fingerprint density at radius 1 is 1.29 bits per heavy atom. The van der Waals surface area contributed by atoms with Crippen LogP contribution in [0.2, 0.25) is 0 Å². The fourth-order valence-corrected chi connectivity index (χ4v) is 1.92. The van der Waals surface area contributed by atoms with E-state index in [2.05, 4.69) is 9.97 Å². The Morgan fingerprint density at radius 3 is 2.41 bits per heavy atom. The third kappa shape index (κ3) is 2.11. The van der Waals surface area contributed by atoms with E-state index in [1.165, 1.54) is 0 Å². The monoisotopic (exact) mass is 230 g/mol. The third-order valence-electron chi connectivity index (χ3n) is 2.82. The highest BCUT2D eigenvalue weighted by Gasteiger charge is 2.22. The second-order valence-corrected chi connectivity index (χ2v) is 3.98. The van der Waals surface area contributed by atoms with E-state index in [0.29, 0.717) is 17.8 Å². The zero-order valence-electron chi connectivity index (χ0n) is 9.84. The lowest BCUT2D eigenvalue weighted by Gasteiger charge is -2.12. The maximum atomic E-state index is 11.2. The lowest BCUT2D eigenvalue weighted by Crippen LogP contribution is -2.14. The molecule has 0 saturated carbocycles. The summed E-state index contributed by atoms with van der Waals surface area (Å²) in [6.07, 6.45) is 0.517. The first-order chi connectivity index (χ1) is 8.13. The first-order valence-electron chi connectivity index (χ1n) is 5.59. The molecule has 1 aromatic carbocycles. The molecule has 0 fully saturated rings. The van der Waals surface area contributed by atoms with Gasteiger partial charge in [0.15, 0.2) is 0 Å². The molecule has 0 spiro atoms. The number of carbonyl (C=O) groups is 1. The van der Waals surface area contributed by atoms with Crippen molar-refractivity contribution in [1.29, 1.82) is 0 Å². The van der Waals surface area contributed by atoms with Crippen molar-refractivity contribution in [3.05, 3.63) is 35.7 Å². The summed E-state index contributed by atoms with van der Waals surface area (Å²) >= 11 is 0. The molecule has 0 bridgehead atoms. The molecular formula is C13H14N2O2. The Labute approximate surface area is 99.3 Å². The van der Waals surface area contributed by atoms with Crippen molar-refractivity contribution in [3.63, 3.8) is 0 Å². The second kappa shape index (κ2) is 4.49. The van der Waals surface area contributed by atoms with Gasteiger partial charge in [0.2, 0.25) is 0 Å². The average molecular weight is 230 g/mol. The van der Waals surface area contributed by atoms with Gasteiger partial charge in [-0.15, -0.1) is 0 Å². The number of para-hydroxylation sites is 2. The highest BCUT2D eigenvalue weighted by molar-refractivity contribution is 5.78. The number of aromatic nitrogens is 2. The van der Waals surface area contributed by atoms with Gasteiger partial charge in [0, 0.05) is 0 Å². The molecule has 1 unspecified atom stereocenters. The van der Waals surface area contributed by atoms with Gasteiger partial charge >= 0.3 is 5.97 Å². The van der Waals surface area contributed by atoms with Crippen LogP contribution in [0.5, 0.6) is 0 Å². The number of carboxylic acid groups (broad SMARTS) is 1. The van der Waals surface area contributed by atoms with Crippen LogP contribution in [0, 0.1) is 6.92 Å². The zero-order chi connectivity index (χ0) is 12.4. The minimum Gasteiger partial charge on any atom is -0.481 e. The minimum absolute atomic E-state index is 0.517. The van der Waals surface area contributed by atoms with Crippen molar-refractivity contribution >= 4 is 17.0 Å². The highest BCUT2D eigenvalue weighted by atomic mass is 16.4. The quantitative estimate of drug-likeness (QED) is 0.880. The Bertz CT molecular complexity index is 566. The summed E-state index contributed by atoms with van der Waals surface area (Å²) in [5.41, 5.74) is 2.80. The first-order valence-corrected chi connectivity index (χ1v) is 5.59. The summed E-state index contributed by atoms with van der Waals surface area (Å²) in [7, 11) is 0. The summed E-state index contributed by atoms with van der Waals surface area (Å²) in [4.78, 5) is 20.0. The standard InChI is InChI=1S/C13H14N2O2/c1-3-9(13(16)17)12-8(2)14-10-6-4-5-7-11(10)15-12/h4-7,9H,3H2,1-2H3,(H,16,17). The summed E-state index contributed by atoms with van der Waals surface area (Å²) in [6.45, 7) is 3.65. The molecule has 0 aliphatic carbocycles. The molecule has 0 aliphatic heterocycles. The molecule has 1 atom stereocenters. The molecule has 0 radical (unpaired) electrons. The molecule has 1 N–H and O–H groups in total. The molecule has 1 heterocycles. The van der Waals surface area contributed by atoms with Crippen molar-refractivity contribution in [2.24, 2.45) is 0 Å². The molecule has 1 aromatic heterocycles. The van der Waals surface area contributed by atoms with Crippen LogP contribution in [-0.4, -0.2) is 21.0 Å². The SMILES string of the molecule is CCC(C(=O)O)c1nc2ccccc2nc1C. The van der Waals surface area contributed by atoms with Crippen LogP contribution < -0.4 is 0 Å². The van der Waals surface area contributed by atoms with E-state index in [4.69, 9.17) is 5.11 Å². The van der Waals surface area contributed by atoms with E-state index in [9.17, 15) is 4.79 Å². The number of hydrogen-bond donors (Lipinski definition) is 1. The highest BCUT2D eigenvalue weighted by Crippen LogP contribution is 2.22. The van der Waals surface area contributed by atoms with Crippen LogP contribution in [0.3, 0.4) is 0 Å². The predicted octanol–water partition coefficient (Wildman–Crippen LogP) is 2.52. The first kappa shape index (κ1) is 11.5. The van der Waals surface area contributed by atoms with Gasteiger partial charge in [-0.1, -0.05) is 19.1 Å². The summed E-state index contributed by atoms with van der Waals surface area (Å²) in [5.74, 6) is -1.42. The van der Waals surface area contributed by atoms with Gasteiger partial charge in [0.25, 0.3) is 0 Å². The fourth-order valence-electron chi connectivity index (χ4n) is 1.92. The molecule has 0 aliphatic rings. The average Bonchev–Trinajstić information content (AvgIpc) is 2.30. The predicted molar refractivity (Wildman–Crippen MR) is 64.9 cm³/mol. The maximum absolute atomic E-state index is 11.2. The van der Waals surface area contributed by atoms with E-state index < -0.39 is 11.9 Å². The number of hydrogen-bond acceptors (Lipinski definition) is 3. The number of aliphatic carboxylic acids is 1. The normalized spacial score (nSPS) is 12.6. The lowest BCUT2D eigenvalue weighted by atomic mass is 10.0. The fraction of sp³-hybridized carbons (Fsp3) is 0.308. The second-order valence-electron chi connectivity index (χ2n) is 3.98. The van der Waals surface area contributed by atoms with E-state index in [1.54, 1.807) is 6.92 Å². The van der Waals surface area contributed by atoms with Gasteiger partial charge in [-0.05, 0) is 25.5 Å². The van der Waals surface area contributed by atoms with Gasteiger partial charge in [-0.3, -0.25) is 4.79 Å². The van der Waals surface area contributed by atoms with Crippen LogP contribution in [0.25, 0.3) is 11.0 Å². The number of rotatable bonds is 3. The van der Waals surface area contributed by atoms with Crippen LogP contribution in [0.1, 0.15) is 30.7 Å². The number of aryl methyl sites for hydroxylation is 1. The van der Waals surface area contributed by atoms with Gasteiger partial charge in [-0.2, -0.15) is 0 Å². The molecule has 88 valence electrons. The van der Waals surface area contributed by atoms with Crippen LogP contribution in [-0.2, 0) is 4.79 Å². The molecule has 0 saturated heterocycles. The molecule has 2 aromatic rings. The largest absolute Gasteiger partial charge is 0.481 e. The molecule has 17 heavy (non-hydrogen) atoms. The number of carboxylic acids is 1. The van der Waals surface area contributed by atoms with Crippen molar-refractivity contribution < 1.29 is 9.90 Å². The van der Waals surface area contributed by atoms with Gasteiger partial charge in [-0.25, -0.2) is 9.97 Å². The van der Waals surface area contributed by atoms with Crippen molar-refractivity contribution in [3.8, 4) is 0 Å². The van der Waals surface area contributed by atoms with E-state index in [1.807, 2.05) is 31.2 Å². The summed E-state index contributed by atoms with van der Waals surface area (Å²) in [5, 5.41) is 9.16. The van der Waals surface area contributed by atoms with Gasteiger partial charge in [0.05, 0.1) is 22.4 Å². The molecule has 0 amide bonds. The van der Waals surface area contributed by atoms with Crippen LogP contribution in [0.4, 0.5) is 0 Å². The number of fused-ring (bicyclic) bond motifs is 1. The molecule has 2 rings (SSSR count). The van der Waals surface area contributed by atoms with Gasteiger partial charge < -0.3 is 5.11 Å². The third-order valence-corrected chi connectivity index (χ3v) is 2.82. The lowest BCUT2D eigenvalue weighted by molar-refractivity contribution is -0.139. The van der Waals surface area contributed by atoms with Crippen molar-refractivity contribution in [2.45, 2.75) is 26.2 Å². The molecule has 4 heteroatoms. The van der Waals surface area contributed by atoms with Crippen molar-refractivity contribution in [2.75, 3.05) is 0 Å². The Balaban J connectivity index is 2.61. The molecule has 4 nitrogen and oxygen atoms in total. The van der Waals surface area contributed by atoms with E-state index in [0.717, 1.165) is 11.0 Å². The smallest absolute Gasteiger partial charge is 0.312 e. The summed E-state index contributed by atoms with van der Waals surface area (Å²) in [6, 6.07) is 7.49. The maximum Gasteiger partial charge on any atom is 0.312 e.